The Labute approximate surface area is 161 Å². The average molecular weight is 386 g/mol. The van der Waals surface area contributed by atoms with Crippen LogP contribution in [0.5, 0.6) is 0 Å². The number of nitrogens with zero attached hydrogens (tertiary/aromatic N) is 2. The monoisotopic (exact) mass is 385 g/mol. The first-order chi connectivity index (χ1) is 12.7. The zero-order valence-corrected chi connectivity index (χ0v) is 16.0. The van der Waals surface area contributed by atoms with Gasteiger partial charge in [0.15, 0.2) is 0 Å². The molecule has 3 rings (SSSR count). The summed E-state index contributed by atoms with van der Waals surface area (Å²) in [4.78, 5) is 13.1. The molecular formula is C19H19N3O2S2. The van der Waals surface area contributed by atoms with Crippen LogP contribution in [0.15, 0.2) is 69.1 Å². The summed E-state index contributed by atoms with van der Waals surface area (Å²) in [7, 11) is 0. The Morgan fingerprint density at radius 2 is 1.81 bits per heavy atom. The number of benzene rings is 2. The lowest BCUT2D eigenvalue weighted by Crippen LogP contribution is -2.27. The van der Waals surface area contributed by atoms with Crippen LogP contribution >= 0.6 is 23.5 Å². The van der Waals surface area contributed by atoms with Gasteiger partial charge < -0.3 is 9.73 Å². The normalized spacial score (nSPS) is 10.7. The van der Waals surface area contributed by atoms with Gasteiger partial charge >= 0.3 is 0 Å². The third-order valence-electron chi connectivity index (χ3n) is 3.47. The number of rotatable bonds is 8. The number of hydrogen-bond acceptors (Lipinski definition) is 6. The molecule has 0 saturated heterocycles. The van der Waals surface area contributed by atoms with E-state index in [-0.39, 0.29) is 11.7 Å². The first-order valence-corrected chi connectivity index (χ1v) is 10.2. The molecule has 0 aliphatic rings. The van der Waals surface area contributed by atoms with E-state index in [1.54, 1.807) is 11.8 Å². The van der Waals surface area contributed by atoms with Gasteiger partial charge in [-0.05, 0) is 31.2 Å². The van der Waals surface area contributed by atoms with E-state index >= 15 is 0 Å². The number of aromatic nitrogens is 2. The van der Waals surface area contributed by atoms with Gasteiger partial charge in [-0.2, -0.15) is 0 Å². The summed E-state index contributed by atoms with van der Waals surface area (Å²) < 4.78 is 5.60. The van der Waals surface area contributed by atoms with Crippen molar-refractivity contribution in [3.05, 3.63) is 60.2 Å². The van der Waals surface area contributed by atoms with Crippen molar-refractivity contribution in [2.45, 2.75) is 17.0 Å². The first-order valence-electron chi connectivity index (χ1n) is 8.18. The highest BCUT2D eigenvalue weighted by molar-refractivity contribution is 7.99. The third kappa shape index (κ3) is 5.64. The Bertz CT molecular complexity index is 836. The molecule has 1 heterocycles. The van der Waals surface area contributed by atoms with Gasteiger partial charge in [0, 0.05) is 22.8 Å². The van der Waals surface area contributed by atoms with E-state index < -0.39 is 0 Å². The minimum absolute atomic E-state index is 0.0428. The summed E-state index contributed by atoms with van der Waals surface area (Å²) in [6.45, 7) is 2.65. The zero-order chi connectivity index (χ0) is 18.2. The van der Waals surface area contributed by atoms with Crippen molar-refractivity contribution in [3.63, 3.8) is 0 Å². The molecule has 26 heavy (non-hydrogen) atoms. The van der Waals surface area contributed by atoms with Crippen molar-refractivity contribution in [3.8, 4) is 11.5 Å². The highest BCUT2D eigenvalue weighted by atomic mass is 32.2. The van der Waals surface area contributed by atoms with Crippen molar-refractivity contribution in [2.75, 3.05) is 18.1 Å². The van der Waals surface area contributed by atoms with Gasteiger partial charge in [-0.1, -0.05) is 47.7 Å². The highest BCUT2D eigenvalue weighted by Gasteiger charge is 2.11. The SMILES string of the molecule is Cc1ccc(-c2nnc(SCC(=O)NCCSc3ccccc3)o2)cc1. The van der Waals surface area contributed by atoms with Gasteiger partial charge in [-0.15, -0.1) is 22.0 Å². The van der Waals surface area contributed by atoms with Crippen molar-refractivity contribution in [2.24, 2.45) is 0 Å². The van der Waals surface area contributed by atoms with Crippen molar-refractivity contribution >= 4 is 29.4 Å². The second kappa shape index (κ2) is 9.45. The minimum atomic E-state index is -0.0428. The first kappa shape index (κ1) is 18.5. The molecule has 0 radical (unpaired) electrons. The van der Waals surface area contributed by atoms with Gasteiger partial charge in [-0.25, -0.2) is 0 Å². The minimum Gasteiger partial charge on any atom is -0.411 e. The van der Waals surface area contributed by atoms with Crippen LogP contribution in [0.3, 0.4) is 0 Å². The number of thioether (sulfide) groups is 2. The second-order valence-electron chi connectivity index (χ2n) is 5.54. The predicted octanol–water partition coefficient (Wildman–Crippen LogP) is 4.05. The Kier molecular flexibility index (Phi) is 6.74. The van der Waals surface area contributed by atoms with Crippen molar-refractivity contribution < 1.29 is 9.21 Å². The lowest BCUT2D eigenvalue weighted by atomic mass is 10.1. The Hall–Kier alpha value is -2.25. The molecule has 2 aromatic carbocycles. The van der Waals surface area contributed by atoms with Crippen LogP contribution in [0, 0.1) is 6.92 Å². The lowest BCUT2D eigenvalue weighted by Gasteiger charge is -2.04. The highest BCUT2D eigenvalue weighted by Crippen LogP contribution is 2.23. The van der Waals surface area contributed by atoms with Crippen LogP contribution in [0.1, 0.15) is 5.56 Å². The van der Waals surface area contributed by atoms with E-state index in [0.29, 0.717) is 17.7 Å². The smallest absolute Gasteiger partial charge is 0.277 e. The average Bonchev–Trinajstić information content (AvgIpc) is 3.14. The largest absolute Gasteiger partial charge is 0.411 e. The van der Waals surface area contributed by atoms with Crippen LogP contribution in [-0.4, -0.2) is 34.2 Å². The van der Waals surface area contributed by atoms with E-state index in [1.807, 2.05) is 49.4 Å². The molecule has 0 bridgehead atoms. The van der Waals surface area contributed by atoms with E-state index in [1.165, 1.54) is 22.2 Å². The topological polar surface area (TPSA) is 68.0 Å². The molecule has 1 N–H and O–H groups in total. The molecule has 0 aliphatic heterocycles. The standard InChI is InChI=1S/C19H19N3O2S2/c1-14-7-9-15(10-8-14)18-21-22-19(24-18)26-13-17(23)20-11-12-25-16-5-3-2-4-6-16/h2-10H,11-13H2,1H3,(H,20,23). The number of carbonyl (C=O) groups excluding carboxylic acids is 1. The van der Waals surface area contributed by atoms with Gasteiger partial charge in [0.2, 0.25) is 11.8 Å². The maximum atomic E-state index is 11.9. The van der Waals surface area contributed by atoms with Crippen LogP contribution in [0.2, 0.25) is 0 Å². The number of carbonyl (C=O) groups is 1. The van der Waals surface area contributed by atoms with Crippen LogP contribution in [-0.2, 0) is 4.79 Å². The fourth-order valence-corrected chi connectivity index (χ4v) is 3.52. The number of amides is 1. The molecule has 0 unspecified atom stereocenters. The van der Waals surface area contributed by atoms with Gasteiger partial charge in [0.1, 0.15) is 0 Å². The van der Waals surface area contributed by atoms with Crippen LogP contribution in [0.4, 0.5) is 0 Å². The summed E-state index contributed by atoms with van der Waals surface area (Å²) in [5.41, 5.74) is 2.04. The summed E-state index contributed by atoms with van der Waals surface area (Å²) >= 11 is 2.96. The van der Waals surface area contributed by atoms with E-state index in [0.717, 1.165) is 11.3 Å². The summed E-state index contributed by atoms with van der Waals surface area (Å²) in [6.07, 6.45) is 0. The molecule has 1 aromatic heterocycles. The third-order valence-corrected chi connectivity index (χ3v) is 5.30. The van der Waals surface area contributed by atoms with Crippen molar-refractivity contribution in [1.29, 1.82) is 0 Å². The lowest BCUT2D eigenvalue weighted by molar-refractivity contribution is -0.118. The van der Waals surface area contributed by atoms with Crippen LogP contribution < -0.4 is 5.32 Å². The maximum Gasteiger partial charge on any atom is 0.277 e. The summed E-state index contributed by atoms with van der Waals surface area (Å²) in [5, 5.41) is 11.3. The number of aryl methyl sites for hydroxylation is 1. The molecule has 3 aromatic rings. The van der Waals surface area contributed by atoms with Gasteiger partial charge in [0.05, 0.1) is 5.75 Å². The quantitative estimate of drug-likeness (QED) is 0.466. The Morgan fingerprint density at radius 1 is 1.04 bits per heavy atom. The predicted molar refractivity (Wildman–Crippen MR) is 105 cm³/mol. The van der Waals surface area contributed by atoms with Gasteiger partial charge in [-0.3, -0.25) is 4.79 Å². The van der Waals surface area contributed by atoms with Crippen LogP contribution in [0.25, 0.3) is 11.5 Å². The maximum absolute atomic E-state index is 11.9. The molecular weight excluding hydrogens is 366 g/mol. The van der Waals surface area contributed by atoms with E-state index in [4.69, 9.17) is 4.42 Å². The molecule has 0 aliphatic carbocycles. The molecule has 0 saturated carbocycles. The molecule has 0 spiro atoms. The van der Waals surface area contributed by atoms with E-state index in [2.05, 4.69) is 27.6 Å². The number of hydrogen-bond donors (Lipinski definition) is 1. The molecule has 0 atom stereocenters. The molecule has 7 heteroatoms. The molecule has 1 amide bonds. The summed E-state index contributed by atoms with van der Waals surface area (Å²) in [6, 6.07) is 18.0. The fourth-order valence-electron chi connectivity index (χ4n) is 2.14. The Balaban J connectivity index is 1.38. The fraction of sp³-hybridized carbons (Fsp3) is 0.211. The number of nitrogens with one attached hydrogen (secondary N) is 1. The molecule has 134 valence electrons. The van der Waals surface area contributed by atoms with Crippen molar-refractivity contribution in [1.82, 2.24) is 15.5 Å². The summed E-state index contributed by atoms with van der Waals surface area (Å²) in [5.74, 6) is 1.51. The molecule has 0 fully saturated rings. The zero-order valence-electron chi connectivity index (χ0n) is 14.3. The Morgan fingerprint density at radius 3 is 2.58 bits per heavy atom. The second-order valence-corrected chi connectivity index (χ2v) is 7.63. The van der Waals surface area contributed by atoms with Gasteiger partial charge in [0.25, 0.3) is 5.22 Å². The van der Waals surface area contributed by atoms with E-state index in [9.17, 15) is 4.79 Å². The molecule has 5 nitrogen and oxygen atoms in total.